The van der Waals surface area contributed by atoms with Crippen molar-refractivity contribution in [3.8, 4) is 0 Å². The van der Waals surface area contributed by atoms with E-state index in [-0.39, 0.29) is 25.6 Å². The molecule has 0 aromatic heterocycles. The van der Waals surface area contributed by atoms with Gasteiger partial charge in [0.1, 0.15) is 6.10 Å². The van der Waals surface area contributed by atoms with E-state index < -0.39 is 24.2 Å². The van der Waals surface area contributed by atoms with E-state index in [1.165, 1.54) is 0 Å². The molecule has 0 aromatic carbocycles. The van der Waals surface area contributed by atoms with Gasteiger partial charge in [-0.25, -0.2) is 0 Å². The fourth-order valence-corrected chi connectivity index (χ4v) is 1.85. The van der Waals surface area contributed by atoms with Gasteiger partial charge in [-0.1, -0.05) is 0 Å². The summed E-state index contributed by atoms with van der Waals surface area (Å²) >= 11 is 0. The lowest BCUT2D eigenvalue weighted by molar-refractivity contribution is -0.144. The van der Waals surface area contributed by atoms with Crippen molar-refractivity contribution >= 4 is 0 Å². The number of aliphatic hydroxyl groups excluding tert-OH is 5. The predicted octanol–water partition coefficient (Wildman–Crippen LogP) is -2.31. The molecule has 0 heterocycles. The van der Waals surface area contributed by atoms with Gasteiger partial charge in [-0.3, -0.25) is 0 Å². The molecule has 0 aromatic rings. The largest absolute Gasteiger partial charge is 0.396 e. The monoisotopic (exact) mass is 192 g/mol. The van der Waals surface area contributed by atoms with Gasteiger partial charge in [-0.2, -0.15) is 0 Å². The zero-order valence-corrected chi connectivity index (χ0v) is 7.24. The van der Waals surface area contributed by atoms with Crippen LogP contribution in [0.15, 0.2) is 0 Å². The summed E-state index contributed by atoms with van der Waals surface area (Å²) < 4.78 is 0. The van der Waals surface area contributed by atoms with Crippen molar-refractivity contribution in [3.63, 3.8) is 0 Å². The molecular weight excluding hydrogens is 176 g/mol. The van der Waals surface area contributed by atoms with Gasteiger partial charge in [0.2, 0.25) is 0 Å². The van der Waals surface area contributed by atoms with Crippen LogP contribution in [-0.4, -0.2) is 57.1 Å². The molecule has 13 heavy (non-hydrogen) atoms. The molecule has 1 aliphatic rings. The summed E-state index contributed by atoms with van der Waals surface area (Å²) in [6.45, 7) is -0.498. The van der Waals surface area contributed by atoms with Crippen molar-refractivity contribution < 1.29 is 25.5 Å². The van der Waals surface area contributed by atoms with Crippen LogP contribution >= 0.6 is 0 Å². The number of aliphatic hydroxyl groups is 5. The van der Waals surface area contributed by atoms with Crippen LogP contribution in [0, 0.1) is 11.8 Å². The van der Waals surface area contributed by atoms with Crippen molar-refractivity contribution in [3.05, 3.63) is 0 Å². The molecule has 0 spiro atoms. The average Bonchev–Trinajstić information content (AvgIpc) is 2.13. The Morgan fingerprint density at radius 1 is 0.923 bits per heavy atom. The maximum atomic E-state index is 9.43. The summed E-state index contributed by atoms with van der Waals surface area (Å²) in [7, 11) is 0. The predicted molar refractivity (Wildman–Crippen MR) is 43.8 cm³/mol. The number of rotatable bonds is 2. The minimum Gasteiger partial charge on any atom is -0.396 e. The third-order valence-corrected chi connectivity index (χ3v) is 2.78. The molecule has 1 rings (SSSR count). The minimum absolute atomic E-state index is 0.202. The smallest absolute Gasteiger partial charge is 0.106 e. The van der Waals surface area contributed by atoms with Crippen molar-refractivity contribution in [2.75, 3.05) is 13.2 Å². The molecule has 5 heteroatoms. The second-order valence-corrected chi connectivity index (χ2v) is 3.57. The minimum atomic E-state index is -1.22. The Hall–Kier alpha value is -0.200. The highest BCUT2D eigenvalue weighted by atomic mass is 16.4. The molecule has 0 saturated heterocycles. The third-order valence-electron chi connectivity index (χ3n) is 2.78. The van der Waals surface area contributed by atoms with Gasteiger partial charge in [0.15, 0.2) is 0 Å². The molecule has 1 fully saturated rings. The zero-order chi connectivity index (χ0) is 10.0. The molecule has 1 saturated carbocycles. The normalized spacial score (nSPS) is 46.4. The molecule has 0 aliphatic heterocycles. The summed E-state index contributed by atoms with van der Waals surface area (Å²) in [5.41, 5.74) is 0. The first-order valence-electron chi connectivity index (χ1n) is 4.37. The molecule has 78 valence electrons. The summed E-state index contributed by atoms with van der Waals surface area (Å²) in [4.78, 5) is 0. The van der Waals surface area contributed by atoms with Gasteiger partial charge in [-0.05, 0) is 12.3 Å². The first-order chi connectivity index (χ1) is 6.11. The molecule has 5 nitrogen and oxygen atoms in total. The Balaban J connectivity index is 2.69. The fraction of sp³-hybridized carbons (Fsp3) is 1.00. The topological polar surface area (TPSA) is 101 Å². The number of hydrogen-bond donors (Lipinski definition) is 5. The Labute approximate surface area is 76.3 Å². The molecule has 5 N–H and O–H groups in total. The standard InChI is InChI=1S/C8H16O5/c9-2-4-1-6(11)8(13)7(12)5(4)3-10/h4-13H,1-3H2/t4-,5+,6+,7-,8-/m1/s1. The molecule has 0 unspecified atom stereocenters. The Bertz CT molecular complexity index is 161. The molecule has 0 bridgehead atoms. The Kier molecular flexibility index (Phi) is 3.63. The van der Waals surface area contributed by atoms with Crippen molar-refractivity contribution in [2.45, 2.75) is 24.7 Å². The van der Waals surface area contributed by atoms with Crippen LogP contribution in [0.1, 0.15) is 6.42 Å². The van der Waals surface area contributed by atoms with Gasteiger partial charge in [0.25, 0.3) is 0 Å². The zero-order valence-electron chi connectivity index (χ0n) is 7.24. The van der Waals surface area contributed by atoms with Crippen LogP contribution in [0.25, 0.3) is 0 Å². The summed E-state index contributed by atoms with van der Waals surface area (Å²) in [5.74, 6) is -0.901. The number of hydrogen-bond acceptors (Lipinski definition) is 5. The van der Waals surface area contributed by atoms with E-state index in [9.17, 15) is 15.3 Å². The van der Waals surface area contributed by atoms with Gasteiger partial charge in [0.05, 0.1) is 12.2 Å². The van der Waals surface area contributed by atoms with E-state index in [0.29, 0.717) is 0 Å². The highest BCUT2D eigenvalue weighted by Gasteiger charge is 2.41. The van der Waals surface area contributed by atoms with Gasteiger partial charge in [0, 0.05) is 19.1 Å². The van der Waals surface area contributed by atoms with Crippen LogP contribution in [0.5, 0.6) is 0 Å². The first-order valence-corrected chi connectivity index (χ1v) is 4.37. The third kappa shape index (κ3) is 2.00. The molecule has 0 amide bonds. The summed E-state index contributed by atoms with van der Waals surface area (Å²) in [6.07, 6.45) is -3.19. The van der Waals surface area contributed by atoms with E-state index in [1.54, 1.807) is 0 Å². The van der Waals surface area contributed by atoms with Crippen LogP contribution in [0.3, 0.4) is 0 Å². The highest BCUT2D eigenvalue weighted by molar-refractivity contribution is 4.91. The van der Waals surface area contributed by atoms with Crippen LogP contribution in [0.4, 0.5) is 0 Å². The van der Waals surface area contributed by atoms with E-state index in [0.717, 1.165) is 0 Å². The van der Waals surface area contributed by atoms with Crippen molar-refractivity contribution in [2.24, 2.45) is 11.8 Å². The van der Waals surface area contributed by atoms with E-state index in [4.69, 9.17) is 10.2 Å². The second-order valence-electron chi connectivity index (χ2n) is 3.57. The van der Waals surface area contributed by atoms with Gasteiger partial charge < -0.3 is 25.5 Å². The van der Waals surface area contributed by atoms with Crippen molar-refractivity contribution in [1.82, 2.24) is 0 Å². The molecule has 5 atom stereocenters. The maximum absolute atomic E-state index is 9.43. The second kappa shape index (κ2) is 4.34. The molecular formula is C8H16O5. The molecule has 1 aliphatic carbocycles. The first kappa shape index (κ1) is 10.9. The van der Waals surface area contributed by atoms with Crippen LogP contribution in [-0.2, 0) is 0 Å². The van der Waals surface area contributed by atoms with Gasteiger partial charge >= 0.3 is 0 Å². The summed E-state index contributed by atoms with van der Waals surface area (Å²) in [5, 5.41) is 45.8. The molecule has 0 radical (unpaired) electrons. The Morgan fingerprint density at radius 2 is 1.54 bits per heavy atom. The fourth-order valence-electron chi connectivity index (χ4n) is 1.85. The van der Waals surface area contributed by atoms with Crippen molar-refractivity contribution in [1.29, 1.82) is 0 Å². The lowest BCUT2D eigenvalue weighted by atomic mass is 9.75. The average molecular weight is 192 g/mol. The lowest BCUT2D eigenvalue weighted by Gasteiger charge is -2.39. The van der Waals surface area contributed by atoms with E-state index >= 15 is 0 Å². The maximum Gasteiger partial charge on any atom is 0.106 e. The Morgan fingerprint density at radius 3 is 2.00 bits per heavy atom. The van der Waals surface area contributed by atoms with Crippen LogP contribution in [0.2, 0.25) is 0 Å². The lowest BCUT2D eigenvalue weighted by Crippen LogP contribution is -2.52. The van der Waals surface area contributed by atoms with Gasteiger partial charge in [-0.15, -0.1) is 0 Å². The SMILES string of the molecule is OC[C@H]1C[C@H](O)[C@@H](O)[C@H](O)[C@H]1CO. The van der Waals surface area contributed by atoms with Crippen LogP contribution < -0.4 is 0 Å². The van der Waals surface area contributed by atoms with E-state index in [2.05, 4.69) is 0 Å². The summed E-state index contributed by atoms with van der Waals surface area (Å²) in [6, 6.07) is 0. The highest BCUT2D eigenvalue weighted by Crippen LogP contribution is 2.30. The quantitative estimate of drug-likeness (QED) is 0.338. The van der Waals surface area contributed by atoms with E-state index in [1.807, 2.05) is 0 Å².